The predicted octanol–water partition coefficient (Wildman–Crippen LogP) is 8.46. The predicted molar refractivity (Wildman–Crippen MR) is 229 cm³/mol. The van der Waals surface area contributed by atoms with Crippen LogP contribution in [0.15, 0.2) is 79.1 Å². The average Bonchev–Trinajstić information content (AvgIpc) is 3.20. The minimum absolute atomic E-state index is 0.0952. The molecule has 5 rings (SSSR count). The number of hydrogen-bond acceptors (Lipinski definition) is 10. The second-order valence-electron chi connectivity index (χ2n) is 14.4. The Labute approximate surface area is 358 Å². The molecule has 0 saturated carbocycles. The largest absolute Gasteiger partial charge is 0.496 e. The summed E-state index contributed by atoms with van der Waals surface area (Å²) >= 11 is 13.7. The number of nitrogens with zero attached hydrogens (tertiary/aromatic N) is 2. The Kier molecular flexibility index (Phi) is 16.3. The van der Waals surface area contributed by atoms with Crippen LogP contribution in [0.4, 0.5) is 0 Å². The smallest absolute Gasteiger partial charge is 0.306 e. The maximum absolute atomic E-state index is 11.0. The number of halogens is 2. The minimum Gasteiger partial charge on any atom is -0.496 e. The second-order valence-corrected chi connectivity index (χ2v) is 15.2. The van der Waals surface area contributed by atoms with E-state index in [4.69, 9.17) is 47.6 Å². The van der Waals surface area contributed by atoms with Crippen LogP contribution in [0.25, 0.3) is 22.3 Å². The molecule has 0 unspecified atom stereocenters. The highest BCUT2D eigenvalue weighted by atomic mass is 35.5. The number of ether oxygens (including phenoxy) is 3. The third-order valence-electron chi connectivity index (χ3n) is 10.0. The summed E-state index contributed by atoms with van der Waals surface area (Å²) in [6.45, 7) is 4.80. The highest BCUT2D eigenvalue weighted by molar-refractivity contribution is 6.33. The molecule has 0 radical (unpaired) electrons. The maximum atomic E-state index is 11.0. The maximum Gasteiger partial charge on any atom is 0.306 e. The Morgan fingerprint density at radius 1 is 0.767 bits per heavy atom. The van der Waals surface area contributed by atoms with Gasteiger partial charge in [0, 0.05) is 53.3 Å². The van der Waals surface area contributed by atoms with Crippen LogP contribution in [0.3, 0.4) is 0 Å². The number of nitrogens with one attached hydrogen (secondary N) is 1. The Bertz CT molecular complexity index is 2370. The van der Waals surface area contributed by atoms with Crippen LogP contribution in [0.2, 0.25) is 10.0 Å². The molecule has 0 saturated heterocycles. The van der Waals surface area contributed by atoms with Crippen molar-refractivity contribution < 1.29 is 44.2 Å². The van der Waals surface area contributed by atoms with Crippen molar-refractivity contribution in [2.75, 3.05) is 13.7 Å². The topological polar surface area (TPSA) is 191 Å². The lowest BCUT2D eigenvalue weighted by Crippen LogP contribution is -2.28. The van der Waals surface area contributed by atoms with E-state index in [1.807, 2.05) is 50.2 Å². The first kappa shape index (κ1) is 45.4. The highest BCUT2D eigenvalue weighted by Gasteiger charge is 2.19. The van der Waals surface area contributed by atoms with E-state index in [9.17, 15) is 25.1 Å². The van der Waals surface area contributed by atoms with Gasteiger partial charge in [0.15, 0.2) is 0 Å². The van der Waals surface area contributed by atoms with Crippen LogP contribution in [0, 0.1) is 25.2 Å². The third-order valence-corrected chi connectivity index (χ3v) is 10.7. The van der Waals surface area contributed by atoms with Crippen LogP contribution in [-0.4, -0.2) is 63.2 Å². The number of aryl methyl sites for hydroxylation is 1. The lowest BCUT2D eigenvalue weighted by atomic mass is 9.89. The first-order valence-corrected chi connectivity index (χ1v) is 20.0. The van der Waals surface area contributed by atoms with Gasteiger partial charge in [-0.05, 0) is 96.3 Å². The quantitative estimate of drug-likeness (QED) is 0.0474. The number of aromatic nitrogens is 1. The van der Waals surface area contributed by atoms with E-state index in [0.717, 1.165) is 50.1 Å². The summed E-state index contributed by atoms with van der Waals surface area (Å²) in [5.41, 5.74) is 9.24. The molecule has 0 amide bonds. The number of methoxy groups -OCH3 is 1. The molecule has 12 nitrogen and oxygen atoms in total. The summed E-state index contributed by atoms with van der Waals surface area (Å²) in [6, 6.07) is 23.0. The summed E-state index contributed by atoms with van der Waals surface area (Å²) in [7, 11) is 1.57. The zero-order valence-corrected chi connectivity index (χ0v) is 35.0. The van der Waals surface area contributed by atoms with E-state index >= 15 is 0 Å². The number of carbonyl (C=O) groups is 2. The molecule has 2 atom stereocenters. The zero-order chi connectivity index (χ0) is 43.3. The van der Waals surface area contributed by atoms with E-state index in [0.29, 0.717) is 57.8 Å². The van der Waals surface area contributed by atoms with Crippen molar-refractivity contribution in [3.05, 3.63) is 128 Å². The fourth-order valence-electron chi connectivity index (χ4n) is 6.92. The number of nitriles is 1. The Morgan fingerprint density at radius 2 is 1.42 bits per heavy atom. The van der Waals surface area contributed by atoms with Crippen molar-refractivity contribution >= 4 is 35.1 Å². The molecule has 4 aromatic carbocycles. The number of carboxylic acid groups (broad SMARTS) is 2. The molecule has 1 aromatic heterocycles. The van der Waals surface area contributed by atoms with Gasteiger partial charge in [0.25, 0.3) is 0 Å². The Morgan fingerprint density at radius 3 is 2.12 bits per heavy atom. The summed E-state index contributed by atoms with van der Waals surface area (Å²) in [5.74, 6) is -0.657. The molecule has 0 aliphatic rings. The summed E-state index contributed by atoms with van der Waals surface area (Å²) in [6.07, 6.45) is 1.62. The lowest BCUT2D eigenvalue weighted by Gasteiger charge is -2.19. The van der Waals surface area contributed by atoms with Gasteiger partial charge in [-0.2, -0.15) is 5.26 Å². The number of aliphatic carboxylic acids is 2. The lowest BCUT2D eigenvalue weighted by molar-refractivity contribution is -0.140. The molecular weight excluding hydrogens is 809 g/mol. The van der Waals surface area contributed by atoms with Gasteiger partial charge in [-0.3, -0.25) is 14.6 Å². The molecule has 0 fully saturated rings. The molecule has 0 spiro atoms. The number of benzene rings is 4. The van der Waals surface area contributed by atoms with E-state index < -0.39 is 24.1 Å². The van der Waals surface area contributed by atoms with Gasteiger partial charge in [-0.15, -0.1) is 0 Å². The standard InChI is InChI=1S/C46H47Cl2N3O9/c1-27-32(26-60-44-19-43(59-25-30-13-29(20-49)21-50-22-30)31(14-41(44)48)7-4-9-34(52)16-45(54)55)8-5-10-36(27)37-11-6-12-38(28(37)2)39-18-42(58-3)33(15-40(39)47)23-51-24-35(53)17-46(56)57/h5-6,8,10-15,18-19,21-22,34-35,51-53H,4,7,9,16-17,23-26H2,1-3H3,(H,54,55)(H,56,57)/t34-,35+/m1/s1. The number of aliphatic hydroxyl groups excluding tert-OH is 2. The summed E-state index contributed by atoms with van der Waals surface area (Å²) in [4.78, 5) is 26.1. The third kappa shape index (κ3) is 12.2. The SMILES string of the molecule is COc1cc(-c2cccc(-c3cccc(COc4cc(OCc5cncc(C#N)c5)c(CCC[C@@H](O)CC(=O)O)cc4Cl)c3C)c2C)c(Cl)cc1CNC[C@@H](O)CC(=O)O. The number of aliphatic hydroxyl groups is 2. The molecule has 5 N–H and O–H groups in total. The van der Waals surface area contributed by atoms with E-state index in [-0.39, 0.29) is 39.0 Å². The van der Waals surface area contributed by atoms with Crippen LogP contribution in [0.5, 0.6) is 17.2 Å². The van der Waals surface area contributed by atoms with Crippen molar-refractivity contribution in [2.24, 2.45) is 0 Å². The molecular formula is C46H47Cl2N3O9. The number of rotatable bonds is 21. The minimum atomic E-state index is -1.08. The first-order valence-electron chi connectivity index (χ1n) is 19.3. The van der Waals surface area contributed by atoms with E-state index in [1.54, 1.807) is 31.5 Å². The molecule has 0 bridgehead atoms. The summed E-state index contributed by atoms with van der Waals surface area (Å²) < 4.78 is 18.3. The molecule has 14 heteroatoms. The molecule has 60 heavy (non-hydrogen) atoms. The normalized spacial score (nSPS) is 12.0. The van der Waals surface area contributed by atoms with Gasteiger partial charge in [0.1, 0.15) is 36.5 Å². The molecule has 1 heterocycles. The van der Waals surface area contributed by atoms with Gasteiger partial charge in [0.2, 0.25) is 0 Å². The highest BCUT2D eigenvalue weighted by Crippen LogP contribution is 2.40. The van der Waals surface area contributed by atoms with Crippen molar-refractivity contribution in [1.82, 2.24) is 10.3 Å². The molecule has 5 aromatic rings. The van der Waals surface area contributed by atoms with E-state index in [2.05, 4.69) is 28.5 Å². The van der Waals surface area contributed by atoms with Crippen molar-refractivity contribution in [3.63, 3.8) is 0 Å². The fraction of sp³-hybridized carbons (Fsp3) is 0.304. The Balaban J connectivity index is 1.37. The first-order chi connectivity index (χ1) is 28.8. The molecule has 0 aliphatic carbocycles. The van der Waals surface area contributed by atoms with Gasteiger partial charge in [0.05, 0.1) is 42.7 Å². The van der Waals surface area contributed by atoms with Gasteiger partial charge < -0.3 is 40.0 Å². The number of carboxylic acids is 2. The van der Waals surface area contributed by atoms with Crippen LogP contribution in [-0.2, 0) is 35.8 Å². The number of hydrogen-bond donors (Lipinski definition) is 5. The van der Waals surface area contributed by atoms with Gasteiger partial charge >= 0.3 is 11.9 Å². The zero-order valence-electron chi connectivity index (χ0n) is 33.5. The average molecular weight is 857 g/mol. The van der Waals surface area contributed by atoms with Crippen LogP contribution >= 0.6 is 23.2 Å². The van der Waals surface area contributed by atoms with Gasteiger partial charge in [-0.1, -0.05) is 59.6 Å². The monoisotopic (exact) mass is 855 g/mol. The van der Waals surface area contributed by atoms with Crippen LogP contribution < -0.4 is 19.5 Å². The van der Waals surface area contributed by atoms with Crippen molar-refractivity contribution in [3.8, 4) is 45.6 Å². The van der Waals surface area contributed by atoms with E-state index in [1.165, 1.54) is 6.20 Å². The molecule has 0 aliphatic heterocycles. The molecule has 314 valence electrons. The number of pyridine rings is 1. The van der Waals surface area contributed by atoms with Gasteiger partial charge in [-0.25, -0.2) is 0 Å². The second kappa shape index (κ2) is 21.5. The Hall–Kier alpha value is -5.68. The fourth-order valence-corrected chi connectivity index (χ4v) is 7.45. The van der Waals surface area contributed by atoms with Crippen molar-refractivity contribution in [2.45, 2.75) is 77.9 Å². The van der Waals surface area contributed by atoms with Crippen molar-refractivity contribution in [1.29, 1.82) is 5.26 Å². The van der Waals surface area contributed by atoms with Crippen LogP contribution in [0.1, 0.15) is 64.6 Å². The summed E-state index contributed by atoms with van der Waals surface area (Å²) in [5, 5.41) is 51.3.